The number of rotatable bonds is 3. The van der Waals surface area contributed by atoms with Gasteiger partial charge in [0, 0.05) is 22.9 Å². The molecule has 0 atom stereocenters. The van der Waals surface area contributed by atoms with Crippen molar-refractivity contribution in [1.29, 1.82) is 5.41 Å². The van der Waals surface area contributed by atoms with Crippen LogP contribution in [0.2, 0.25) is 0 Å². The number of aryl methyl sites for hydroxylation is 1. The number of nitrogens with one attached hydrogen (secondary N) is 1. The minimum absolute atomic E-state index is 0.0558. The van der Waals surface area contributed by atoms with Gasteiger partial charge >= 0.3 is 0 Å². The second-order valence-corrected chi connectivity index (χ2v) is 4.56. The van der Waals surface area contributed by atoms with Crippen LogP contribution in [0.1, 0.15) is 11.1 Å². The number of amidine groups is 1. The average Bonchev–Trinajstić information content (AvgIpc) is 2.32. The molecule has 0 amide bonds. The monoisotopic (exact) mass is 244 g/mol. The first kappa shape index (κ1) is 11.6. The molecular formula is C12H12N4S. The van der Waals surface area contributed by atoms with Crippen LogP contribution in [0, 0.1) is 12.3 Å². The van der Waals surface area contributed by atoms with Gasteiger partial charge in [-0.05, 0) is 30.3 Å². The minimum Gasteiger partial charge on any atom is -0.384 e. The maximum absolute atomic E-state index is 7.50. The molecule has 0 spiro atoms. The van der Waals surface area contributed by atoms with Gasteiger partial charge in [0.15, 0.2) is 5.16 Å². The highest BCUT2D eigenvalue weighted by Gasteiger charge is 2.07. The van der Waals surface area contributed by atoms with Crippen LogP contribution in [0.4, 0.5) is 0 Å². The molecule has 3 N–H and O–H groups in total. The van der Waals surface area contributed by atoms with E-state index in [1.807, 2.05) is 31.2 Å². The lowest BCUT2D eigenvalue weighted by Crippen LogP contribution is -2.12. The second-order valence-electron chi connectivity index (χ2n) is 3.55. The number of aromatic nitrogens is 2. The van der Waals surface area contributed by atoms with Gasteiger partial charge in [-0.3, -0.25) is 5.41 Å². The van der Waals surface area contributed by atoms with E-state index in [-0.39, 0.29) is 5.84 Å². The van der Waals surface area contributed by atoms with Gasteiger partial charge in [-0.25, -0.2) is 9.97 Å². The van der Waals surface area contributed by atoms with E-state index in [9.17, 15) is 0 Å². The van der Waals surface area contributed by atoms with Crippen LogP contribution in [0.5, 0.6) is 0 Å². The summed E-state index contributed by atoms with van der Waals surface area (Å²) in [5, 5.41) is 8.16. The van der Waals surface area contributed by atoms with Crippen molar-refractivity contribution < 1.29 is 0 Å². The molecule has 1 aromatic heterocycles. The summed E-state index contributed by atoms with van der Waals surface area (Å²) in [7, 11) is 0. The van der Waals surface area contributed by atoms with Crippen molar-refractivity contribution >= 4 is 17.6 Å². The minimum atomic E-state index is 0.0558. The van der Waals surface area contributed by atoms with Crippen molar-refractivity contribution in [2.45, 2.75) is 17.0 Å². The standard InChI is InChI=1S/C12H12N4S/c1-8-6-15-12(16-7-8)17-10-5-3-2-4-9(10)11(13)14/h2-7H,1H3,(H3,13,14). The summed E-state index contributed by atoms with van der Waals surface area (Å²) in [6.07, 6.45) is 3.54. The fourth-order valence-corrected chi connectivity index (χ4v) is 2.15. The molecular weight excluding hydrogens is 232 g/mol. The van der Waals surface area contributed by atoms with Crippen LogP contribution in [0.15, 0.2) is 46.7 Å². The summed E-state index contributed by atoms with van der Waals surface area (Å²) in [5.41, 5.74) is 7.25. The van der Waals surface area contributed by atoms with Gasteiger partial charge in [0.1, 0.15) is 5.84 Å². The molecule has 0 fully saturated rings. The van der Waals surface area contributed by atoms with E-state index in [0.29, 0.717) is 10.7 Å². The number of nitrogens with zero attached hydrogens (tertiary/aromatic N) is 2. The molecule has 0 aliphatic heterocycles. The summed E-state index contributed by atoms with van der Waals surface area (Å²) in [6, 6.07) is 7.49. The largest absolute Gasteiger partial charge is 0.384 e. The Bertz CT molecular complexity index is 536. The third kappa shape index (κ3) is 2.82. The first-order chi connectivity index (χ1) is 8.16. The van der Waals surface area contributed by atoms with Gasteiger partial charge in [-0.15, -0.1) is 0 Å². The zero-order chi connectivity index (χ0) is 12.3. The highest BCUT2D eigenvalue weighted by atomic mass is 32.2. The summed E-state index contributed by atoms with van der Waals surface area (Å²) in [6.45, 7) is 1.94. The van der Waals surface area contributed by atoms with Crippen LogP contribution in [-0.4, -0.2) is 15.8 Å². The van der Waals surface area contributed by atoms with E-state index >= 15 is 0 Å². The molecule has 0 radical (unpaired) electrons. The van der Waals surface area contributed by atoms with Gasteiger partial charge in [0.2, 0.25) is 0 Å². The lowest BCUT2D eigenvalue weighted by atomic mass is 10.2. The van der Waals surface area contributed by atoms with Crippen LogP contribution < -0.4 is 5.73 Å². The Balaban J connectivity index is 2.30. The zero-order valence-electron chi connectivity index (χ0n) is 9.34. The molecule has 0 aliphatic carbocycles. The summed E-state index contributed by atoms with van der Waals surface area (Å²) >= 11 is 1.41. The molecule has 2 rings (SSSR count). The molecule has 17 heavy (non-hydrogen) atoms. The molecule has 86 valence electrons. The lowest BCUT2D eigenvalue weighted by molar-refractivity contribution is 0.950. The molecule has 5 heteroatoms. The summed E-state index contributed by atoms with van der Waals surface area (Å²) in [5.74, 6) is 0.0558. The lowest BCUT2D eigenvalue weighted by Gasteiger charge is -2.06. The van der Waals surface area contributed by atoms with Gasteiger partial charge < -0.3 is 5.73 Å². The third-order valence-electron chi connectivity index (χ3n) is 2.14. The molecule has 0 saturated heterocycles. The van der Waals surface area contributed by atoms with Crippen molar-refractivity contribution in [3.8, 4) is 0 Å². The molecule has 0 aliphatic rings. The topological polar surface area (TPSA) is 75.7 Å². The van der Waals surface area contributed by atoms with E-state index in [2.05, 4.69) is 9.97 Å². The Kier molecular flexibility index (Phi) is 3.39. The van der Waals surface area contributed by atoms with Gasteiger partial charge in [-0.2, -0.15) is 0 Å². The van der Waals surface area contributed by atoms with Gasteiger partial charge in [0.25, 0.3) is 0 Å². The Hall–Kier alpha value is -1.88. The van der Waals surface area contributed by atoms with E-state index in [1.165, 1.54) is 11.8 Å². The first-order valence-corrected chi connectivity index (χ1v) is 5.88. The summed E-state index contributed by atoms with van der Waals surface area (Å²) < 4.78 is 0. The van der Waals surface area contributed by atoms with Crippen molar-refractivity contribution in [1.82, 2.24) is 9.97 Å². The SMILES string of the molecule is Cc1cnc(Sc2ccccc2C(=N)N)nc1. The van der Waals surface area contributed by atoms with Crippen molar-refractivity contribution in [3.05, 3.63) is 47.8 Å². The third-order valence-corrected chi connectivity index (χ3v) is 3.11. The van der Waals surface area contributed by atoms with Crippen molar-refractivity contribution in [3.63, 3.8) is 0 Å². The van der Waals surface area contributed by atoms with Crippen LogP contribution in [0.25, 0.3) is 0 Å². The van der Waals surface area contributed by atoms with Crippen molar-refractivity contribution in [2.24, 2.45) is 5.73 Å². The molecule has 0 unspecified atom stereocenters. The molecule has 2 aromatic rings. The number of hydrogen-bond acceptors (Lipinski definition) is 4. The number of nitrogen functional groups attached to an aromatic ring is 1. The summed E-state index contributed by atoms with van der Waals surface area (Å²) in [4.78, 5) is 9.32. The van der Waals surface area contributed by atoms with Crippen LogP contribution >= 0.6 is 11.8 Å². The fraction of sp³-hybridized carbons (Fsp3) is 0.0833. The Morgan fingerprint density at radius 3 is 2.53 bits per heavy atom. The molecule has 4 nitrogen and oxygen atoms in total. The maximum Gasteiger partial charge on any atom is 0.192 e. The molecule has 1 aromatic carbocycles. The van der Waals surface area contributed by atoms with Gasteiger partial charge in [0.05, 0.1) is 0 Å². The normalized spacial score (nSPS) is 10.2. The molecule has 1 heterocycles. The molecule has 0 bridgehead atoms. The van der Waals surface area contributed by atoms with E-state index in [4.69, 9.17) is 11.1 Å². The smallest absolute Gasteiger partial charge is 0.192 e. The number of nitrogens with two attached hydrogens (primary N) is 1. The van der Waals surface area contributed by atoms with E-state index in [0.717, 1.165) is 10.5 Å². The van der Waals surface area contributed by atoms with Crippen molar-refractivity contribution in [2.75, 3.05) is 0 Å². The Morgan fingerprint density at radius 1 is 1.24 bits per heavy atom. The zero-order valence-corrected chi connectivity index (χ0v) is 10.2. The highest BCUT2D eigenvalue weighted by molar-refractivity contribution is 7.99. The van der Waals surface area contributed by atoms with E-state index < -0.39 is 0 Å². The maximum atomic E-state index is 7.50. The Labute approximate surface area is 104 Å². The first-order valence-electron chi connectivity index (χ1n) is 5.07. The van der Waals surface area contributed by atoms with Gasteiger partial charge in [-0.1, -0.05) is 18.2 Å². The predicted octanol–water partition coefficient (Wildman–Crippen LogP) is 2.22. The number of hydrogen-bond donors (Lipinski definition) is 2. The predicted molar refractivity (Wildman–Crippen MR) is 68.4 cm³/mol. The van der Waals surface area contributed by atoms with Crippen LogP contribution in [-0.2, 0) is 0 Å². The van der Waals surface area contributed by atoms with E-state index in [1.54, 1.807) is 12.4 Å². The number of benzene rings is 1. The quantitative estimate of drug-likeness (QED) is 0.493. The average molecular weight is 244 g/mol. The highest BCUT2D eigenvalue weighted by Crippen LogP contribution is 2.27. The Morgan fingerprint density at radius 2 is 1.88 bits per heavy atom. The van der Waals surface area contributed by atoms with Crippen LogP contribution in [0.3, 0.4) is 0 Å². The fourth-order valence-electron chi connectivity index (χ4n) is 1.31. The molecule has 0 saturated carbocycles. The second kappa shape index (κ2) is 4.97.